The Morgan fingerprint density at radius 1 is 1.14 bits per heavy atom. The first-order chi connectivity index (χ1) is 9.77. The van der Waals surface area contributed by atoms with Crippen LogP contribution in [0.5, 0.6) is 0 Å². The van der Waals surface area contributed by atoms with Crippen molar-refractivity contribution in [2.24, 2.45) is 5.14 Å². The number of halogens is 1. The molecule has 21 heavy (non-hydrogen) atoms. The molecule has 0 radical (unpaired) electrons. The standard InChI is InChI=1S/C14H13FN2O3S/c1-9-2-7-12(8-13(9)21(16,19)20)17-14(18)10-3-5-11(15)6-4-10/h2-8H,1H3,(H,17,18)(H2,16,19,20). The normalized spacial score (nSPS) is 11.2. The predicted octanol–water partition coefficient (Wildman–Crippen LogP) is 2.03. The van der Waals surface area contributed by atoms with Crippen molar-refractivity contribution in [3.05, 3.63) is 59.4 Å². The molecule has 0 aliphatic heterocycles. The van der Waals surface area contributed by atoms with E-state index in [1.54, 1.807) is 19.1 Å². The number of carbonyl (C=O) groups is 1. The third kappa shape index (κ3) is 3.65. The van der Waals surface area contributed by atoms with Crippen LogP contribution < -0.4 is 10.5 Å². The van der Waals surface area contributed by atoms with Crippen molar-refractivity contribution in [2.75, 3.05) is 5.32 Å². The second-order valence-electron chi connectivity index (χ2n) is 4.49. The van der Waals surface area contributed by atoms with Crippen molar-refractivity contribution in [3.8, 4) is 0 Å². The molecule has 0 fully saturated rings. The van der Waals surface area contributed by atoms with E-state index in [4.69, 9.17) is 5.14 Å². The summed E-state index contributed by atoms with van der Waals surface area (Å²) in [5.41, 5.74) is 1.03. The van der Waals surface area contributed by atoms with Crippen molar-refractivity contribution >= 4 is 21.6 Å². The number of rotatable bonds is 3. The zero-order valence-corrected chi connectivity index (χ0v) is 11.9. The second kappa shape index (κ2) is 5.63. The SMILES string of the molecule is Cc1ccc(NC(=O)c2ccc(F)cc2)cc1S(N)(=O)=O. The zero-order valence-electron chi connectivity index (χ0n) is 11.1. The van der Waals surface area contributed by atoms with Gasteiger partial charge in [0, 0.05) is 11.3 Å². The molecule has 2 aromatic carbocycles. The molecule has 2 rings (SSSR count). The molecule has 0 aliphatic carbocycles. The van der Waals surface area contributed by atoms with Crippen LogP contribution in [0.2, 0.25) is 0 Å². The van der Waals surface area contributed by atoms with E-state index in [0.717, 1.165) is 0 Å². The van der Waals surface area contributed by atoms with Crippen LogP contribution in [0.4, 0.5) is 10.1 Å². The minimum absolute atomic E-state index is 0.0561. The van der Waals surface area contributed by atoms with Crippen LogP contribution >= 0.6 is 0 Å². The van der Waals surface area contributed by atoms with Gasteiger partial charge in [-0.2, -0.15) is 0 Å². The van der Waals surface area contributed by atoms with E-state index in [0.29, 0.717) is 11.3 Å². The first kappa shape index (κ1) is 15.1. The zero-order chi connectivity index (χ0) is 15.6. The molecule has 1 amide bonds. The molecule has 110 valence electrons. The number of primary sulfonamides is 1. The molecule has 0 spiro atoms. The highest BCUT2D eigenvalue weighted by Gasteiger charge is 2.13. The minimum Gasteiger partial charge on any atom is -0.322 e. The maximum atomic E-state index is 12.8. The smallest absolute Gasteiger partial charge is 0.255 e. The number of anilines is 1. The Balaban J connectivity index is 2.28. The Morgan fingerprint density at radius 2 is 1.76 bits per heavy atom. The van der Waals surface area contributed by atoms with E-state index in [1.165, 1.54) is 30.3 Å². The lowest BCUT2D eigenvalue weighted by Crippen LogP contribution is -2.16. The first-order valence-corrected chi connectivity index (χ1v) is 7.52. The summed E-state index contributed by atoms with van der Waals surface area (Å²) in [4.78, 5) is 11.9. The van der Waals surface area contributed by atoms with E-state index in [2.05, 4.69) is 5.32 Å². The number of hydrogen-bond acceptors (Lipinski definition) is 3. The predicted molar refractivity (Wildman–Crippen MR) is 76.9 cm³/mol. The van der Waals surface area contributed by atoms with Gasteiger partial charge in [0.15, 0.2) is 0 Å². The van der Waals surface area contributed by atoms with Crippen LogP contribution in [0.3, 0.4) is 0 Å². The van der Waals surface area contributed by atoms with Gasteiger partial charge < -0.3 is 5.32 Å². The molecule has 0 aliphatic rings. The molecule has 3 N–H and O–H groups in total. The molecule has 0 aromatic heterocycles. The number of nitrogens with two attached hydrogens (primary N) is 1. The van der Waals surface area contributed by atoms with E-state index < -0.39 is 21.7 Å². The molecular formula is C14H13FN2O3S. The molecule has 0 atom stereocenters. The summed E-state index contributed by atoms with van der Waals surface area (Å²) in [6.07, 6.45) is 0. The van der Waals surface area contributed by atoms with E-state index in [-0.39, 0.29) is 10.5 Å². The molecule has 5 nitrogen and oxygen atoms in total. The topological polar surface area (TPSA) is 89.3 Å². The van der Waals surface area contributed by atoms with Crippen molar-refractivity contribution < 1.29 is 17.6 Å². The average Bonchev–Trinajstić information content (AvgIpc) is 2.40. The number of amides is 1. The number of benzene rings is 2. The van der Waals surface area contributed by atoms with Crippen LogP contribution in [-0.4, -0.2) is 14.3 Å². The summed E-state index contributed by atoms with van der Waals surface area (Å²) in [5.74, 6) is -0.919. The average molecular weight is 308 g/mol. The molecule has 0 heterocycles. The number of sulfonamides is 1. The summed E-state index contributed by atoms with van der Waals surface area (Å²) in [6.45, 7) is 1.60. The Kier molecular flexibility index (Phi) is 4.06. The third-order valence-electron chi connectivity index (χ3n) is 2.86. The molecule has 0 bridgehead atoms. The van der Waals surface area contributed by atoms with Crippen molar-refractivity contribution in [1.29, 1.82) is 0 Å². The summed E-state index contributed by atoms with van der Waals surface area (Å²) < 4.78 is 35.6. The van der Waals surface area contributed by atoms with Crippen LogP contribution in [-0.2, 0) is 10.0 Å². The van der Waals surface area contributed by atoms with Crippen molar-refractivity contribution in [1.82, 2.24) is 0 Å². The first-order valence-electron chi connectivity index (χ1n) is 5.98. The van der Waals surface area contributed by atoms with Gasteiger partial charge in [-0.05, 0) is 48.9 Å². The van der Waals surface area contributed by atoms with Gasteiger partial charge in [0.1, 0.15) is 5.82 Å². The highest BCUT2D eigenvalue weighted by Crippen LogP contribution is 2.19. The summed E-state index contributed by atoms with van der Waals surface area (Å²) in [7, 11) is -3.86. The van der Waals surface area contributed by atoms with Crippen LogP contribution in [0.25, 0.3) is 0 Å². The lowest BCUT2D eigenvalue weighted by molar-refractivity contribution is 0.102. The highest BCUT2D eigenvalue weighted by molar-refractivity contribution is 7.89. The van der Waals surface area contributed by atoms with Gasteiger partial charge in [-0.25, -0.2) is 17.9 Å². The van der Waals surface area contributed by atoms with Gasteiger partial charge in [0.05, 0.1) is 4.90 Å². The Labute approximate surface area is 121 Å². The number of carbonyl (C=O) groups excluding carboxylic acids is 1. The van der Waals surface area contributed by atoms with Crippen LogP contribution in [0, 0.1) is 12.7 Å². The van der Waals surface area contributed by atoms with E-state index >= 15 is 0 Å². The number of nitrogens with one attached hydrogen (secondary N) is 1. The van der Waals surface area contributed by atoms with E-state index in [9.17, 15) is 17.6 Å². The summed E-state index contributed by atoms with van der Waals surface area (Å²) >= 11 is 0. The molecule has 7 heteroatoms. The highest BCUT2D eigenvalue weighted by atomic mass is 32.2. The Hall–Kier alpha value is -2.25. The van der Waals surface area contributed by atoms with Crippen LogP contribution in [0.1, 0.15) is 15.9 Å². The fraction of sp³-hybridized carbons (Fsp3) is 0.0714. The van der Waals surface area contributed by atoms with Gasteiger partial charge in [-0.1, -0.05) is 6.07 Å². The fourth-order valence-electron chi connectivity index (χ4n) is 1.79. The quantitative estimate of drug-likeness (QED) is 0.909. The van der Waals surface area contributed by atoms with Gasteiger partial charge in [0.25, 0.3) is 5.91 Å². The summed E-state index contributed by atoms with van der Waals surface area (Å²) in [6, 6.07) is 9.39. The van der Waals surface area contributed by atoms with Gasteiger partial charge in [0.2, 0.25) is 10.0 Å². The molecular weight excluding hydrogens is 295 g/mol. The lowest BCUT2D eigenvalue weighted by Gasteiger charge is -2.09. The molecule has 0 unspecified atom stereocenters. The second-order valence-corrected chi connectivity index (χ2v) is 6.02. The van der Waals surface area contributed by atoms with Gasteiger partial charge in [-0.15, -0.1) is 0 Å². The Bertz CT molecular complexity index is 786. The third-order valence-corrected chi connectivity index (χ3v) is 3.91. The number of hydrogen-bond donors (Lipinski definition) is 2. The van der Waals surface area contributed by atoms with E-state index in [1.807, 2.05) is 0 Å². The molecule has 0 saturated heterocycles. The lowest BCUT2D eigenvalue weighted by atomic mass is 10.2. The maximum absolute atomic E-state index is 12.8. The van der Waals surface area contributed by atoms with Crippen molar-refractivity contribution in [3.63, 3.8) is 0 Å². The van der Waals surface area contributed by atoms with Crippen molar-refractivity contribution in [2.45, 2.75) is 11.8 Å². The van der Waals surface area contributed by atoms with Gasteiger partial charge >= 0.3 is 0 Å². The van der Waals surface area contributed by atoms with Gasteiger partial charge in [-0.3, -0.25) is 4.79 Å². The summed E-state index contributed by atoms with van der Waals surface area (Å²) in [5, 5.41) is 7.64. The Morgan fingerprint density at radius 3 is 2.33 bits per heavy atom. The van der Waals surface area contributed by atoms with Crippen LogP contribution in [0.15, 0.2) is 47.4 Å². The molecule has 2 aromatic rings. The molecule has 0 saturated carbocycles. The number of aryl methyl sites for hydroxylation is 1. The fourth-order valence-corrected chi connectivity index (χ4v) is 2.60. The largest absolute Gasteiger partial charge is 0.322 e. The maximum Gasteiger partial charge on any atom is 0.255 e. The minimum atomic E-state index is -3.86. The monoisotopic (exact) mass is 308 g/mol.